The van der Waals surface area contributed by atoms with Gasteiger partial charge in [-0.3, -0.25) is 14.9 Å². The molecule has 2 aliphatic heterocycles. The fourth-order valence-corrected chi connectivity index (χ4v) is 4.22. The van der Waals surface area contributed by atoms with Crippen LogP contribution in [0.25, 0.3) is 0 Å². The lowest BCUT2D eigenvalue weighted by atomic mass is 9.95. The maximum atomic E-state index is 12.7. The highest BCUT2D eigenvalue weighted by molar-refractivity contribution is 6.32. The Morgan fingerprint density at radius 3 is 2.66 bits per heavy atom. The quantitative estimate of drug-likeness (QED) is 0.709. The van der Waals surface area contributed by atoms with Gasteiger partial charge in [-0.25, -0.2) is 4.79 Å². The molecule has 1 unspecified atom stereocenters. The number of benzene rings is 1. The Hall–Kier alpha value is -2.48. The molecule has 2 saturated heterocycles. The zero-order chi connectivity index (χ0) is 21.3. The third-order valence-corrected chi connectivity index (χ3v) is 6.01. The van der Waals surface area contributed by atoms with Crippen molar-refractivity contribution in [2.24, 2.45) is 0 Å². The van der Waals surface area contributed by atoms with Crippen molar-refractivity contribution in [1.29, 1.82) is 0 Å². The second kappa shape index (κ2) is 8.10. The Kier molecular flexibility index (Phi) is 5.93. The van der Waals surface area contributed by atoms with Gasteiger partial charge in [-0.05, 0) is 38.8 Å². The van der Waals surface area contributed by atoms with Crippen LogP contribution in [0.15, 0.2) is 12.1 Å². The Morgan fingerprint density at radius 1 is 1.34 bits per heavy atom. The Morgan fingerprint density at radius 2 is 2.07 bits per heavy atom. The van der Waals surface area contributed by atoms with E-state index in [0.29, 0.717) is 30.4 Å². The highest BCUT2D eigenvalue weighted by atomic mass is 35.5. The molecule has 0 saturated carbocycles. The number of piperazine rings is 1. The van der Waals surface area contributed by atoms with Crippen LogP contribution >= 0.6 is 11.6 Å². The molecule has 8 nitrogen and oxygen atoms in total. The van der Waals surface area contributed by atoms with Crippen molar-refractivity contribution in [1.82, 2.24) is 15.5 Å². The second-order valence-electron chi connectivity index (χ2n) is 7.90. The topological polar surface area (TPSA) is 91.0 Å². The number of urea groups is 1. The lowest BCUT2D eigenvalue weighted by Crippen LogP contribution is -2.54. The maximum absolute atomic E-state index is 12.7. The average Bonchev–Trinajstić information content (AvgIpc) is 2.92. The number of nitrogens with zero attached hydrogens (tertiary/aromatic N) is 2. The molecule has 1 aromatic carbocycles. The van der Waals surface area contributed by atoms with Gasteiger partial charge in [-0.15, -0.1) is 0 Å². The van der Waals surface area contributed by atoms with Gasteiger partial charge in [-0.2, -0.15) is 0 Å². The van der Waals surface area contributed by atoms with Gasteiger partial charge in [0, 0.05) is 43.9 Å². The molecule has 1 aromatic rings. The molecule has 2 aliphatic rings. The summed E-state index contributed by atoms with van der Waals surface area (Å²) >= 11 is 6.21. The van der Waals surface area contributed by atoms with Gasteiger partial charge < -0.3 is 19.9 Å². The van der Waals surface area contributed by atoms with E-state index in [1.165, 1.54) is 0 Å². The largest absolute Gasteiger partial charge is 0.495 e. The highest BCUT2D eigenvalue weighted by Gasteiger charge is 2.42. The van der Waals surface area contributed by atoms with Crippen LogP contribution in [-0.2, 0) is 9.59 Å². The molecule has 0 bridgehead atoms. The molecule has 158 valence electrons. The van der Waals surface area contributed by atoms with Crippen LogP contribution in [0, 0.1) is 6.92 Å². The zero-order valence-corrected chi connectivity index (χ0v) is 17.9. The van der Waals surface area contributed by atoms with E-state index in [2.05, 4.69) is 22.5 Å². The van der Waals surface area contributed by atoms with Gasteiger partial charge in [0.1, 0.15) is 11.3 Å². The van der Waals surface area contributed by atoms with Crippen LogP contribution in [0.3, 0.4) is 0 Å². The summed E-state index contributed by atoms with van der Waals surface area (Å²) in [6.07, 6.45) is 0.468. The van der Waals surface area contributed by atoms with Crippen molar-refractivity contribution in [3.05, 3.63) is 22.7 Å². The van der Waals surface area contributed by atoms with Gasteiger partial charge in [-0.1, -0.05) is 11.6 Å². The summed E-state index contributed by atoms with van der Waals surface area (Å²) in [5, 5.41) is 5.39. The minimum Gasteiger partial charge on any atom is -0.495 e. The van der Waals surface area contributed by atoms with Gasteiger partial charge >= 0.3 is 6.03 Å². The molecular weight excluding hydrogens is 396 g/mol. The number of carbonyl (C=O) groups excluding carboxylic acids is 3. The van der Waals surface area contributed by atoms with Gasteiger partial charge in [0.2, 0.25) is 5.91 Å². The summed E-state index contributed by atoms with van der Waals surface area (Å²) in [5.74, 6) is 0.223. The van der Waals surface area contributed by atoms with Crippen molar-refractivity contribution < 1.29 is 19.1 Å². The van der Waals surface area contributed by atoms with E-state index in [4.69, 9.17) is 16.3 Å². The lowest BCUT2D eigenvalue weighted by Gasteiger charge is -2.42. The first-order valence-electron chi connectivity index (χ1n) is 9.67. The van der Waals surface area contributed by atoms with E-state index in [1.807, 2.05) is 24.0 Å². The molecule has 2 atom stereocenters. The molecule has 2 heterocycles. The number of hydrogen-bond acceptors (Lipinski definition) is 5. The van der Waals surface area contributed by atoms with E-state index < -0.39 is 11.6 Å². The monoisotopic (exact) mass is 422 g/mol. The summed E-state index contributed by atoms with van der Waals surface area (Å²) in [6.45, 7) is 7.57. The SMILES string of the molecule is COc1cc(N2CCN(C(=O)CCC3(C)NC(=O)NC3=O)C[C@@H]2C)c(C)cc1Cl. The average molecular weight is 423 g/mol. The van der Waals surface area contributed by atoms with Crippen LogP contribution in [0.1, 0.15) is 32.3 Å². The van der Waals surface area contributed by atoms with E-state index in [1.54, 1.807) is 14.0 Å². The number of anilines is 1. The first-order chi connectivity index (χ1) is 13.6. The van der Waals surface area contributed by atoms with Gasteiger partial charge in [0.15, 0.2) is 0 Å². The van der Waals surface area contributed by atoms with E-state index in [9.17, 15) is 14.4 Å². The Bertz CT molecular complexity index is 846. The molecule has 4 amide bonds. The fraction of sp³-hybridized carbons (Fsp3) is 0.550. The van der Waals surface area contributed by atoms with Gasteiger partial charge in [0.25, 0.3) is 5.91 Å². The van der Waals surface area contributed by atoms with E-state index in [-0.39, 0.29) is 30.7 Å². The third kappa shape index (κ3) is 4.27. The number of methoxy groups -OCH3 is 1. The zero-order valence-electron chi connectivity index (χ0n) is 17.2. The third-order valence-electron chi connectivity index (χ3n) is 5.72. The number of aryl methyl sites for hydroxylation is 1. The number of rotatable bonds is 5. The molecule has 3 rings (SSSR count). The van der Waals surface area contributed by atoms with Crippen molar-refractivity contribution >= 4 is 35.1 Å². The van der Waals surface area contributed by atoms with Crippen LogP contribution < -0.4 is 20.3 Å². The number of ether oxygens (including phenoxy) is 1. The van der Waals surface area contributed by atoms with Crippen LogP contribution in [0.4, 0.5) is 10.5 Å². The first-order valence-corrected chi connectivity index (χ1v) is 10.0. The number of carbonyl (C=O) groups is 3. The smallest absolute Gasteiger partial charge is 0.322 e. The van der Waals surface area contributed by atoms with E-state index in [0.717, 1.165) is 11.3 Å². The molecule has 0 radical (unpaired) electrons. The van der Waals surface area contributed by atoms with Gasteiger partial charge in [0.05, 0.1) is 12.1 Å². The minimum absolute atomic E-state index is 0.0166. The summed E-state index contributed by atoms with van der Waals surface area (Å²) in [7, 11) is 1.59. The lowest BCUT2D eigenvalue weighted by molar-refractivity contribution is -0.132. The molecule has 0 aliphatic carbocycles. The number of imide groups is 1. The fourth-order valence-electron chi connectivity index (χ4n) is 3.92. The first kappa shape index (κ1) is 21.2. The normalized spacial score (nSPS) is 24.4. The van der Waals surface area contributed by atoms with Crippen LogP contribution in [-0.4, -0.2) is 61.1 Å². The predicted molar refractivity (Wildman–Crippen MR) is 110 cm³/mol. The molecule has 29 heavy (non-hydrogen) atoms. The minimum atomic E-state index is -1.03. The number of amides is 4. The predicted octanol–water partition coefficient (Wildman–Crippen LogP) is 2.07. The summed E-state index contributed by atoms with van der Waals surface area (Å²) in [5.41, 5.74) is 1.07. The maximum Gasteiger partial charge on any atom is 0.322 e. The van der Waals surface area contributed by atoms with Crippen LogP contribution in [0.5, 0.6) is 5.75 Å². The number of nitrogens with one attached hydrogen (secondary N) is 2. The summed E-state index contributed by atoms with van der Waals surface area (Å²) < 4.78 is 5.35. The number of hydrogen-bond donors (Lipinski definition) is 2. The van der Waals surface area contributed by atoms with Crippen molar-refractivity contribution in [3.63, 3.8) is 0 Å². The molecule has 0 spiro atoms. The van der Waals surface area contributed by atoms with Crippen molar-refractivity contribution in [2.45, 2.75) is 45.2 Å². The van der Waals surface area contributed by atoms with Crippen LogP contribution in [0.2, 0.25) is 5.02 Å². The van der Waals surface area contributed by atoms with E-state index >= 15 is 0 Å². The standard InChI is InChI=1S/C20H27ClN4O4/c1-12-9-14(21)16(29-4)10-15(12)25-8-7-24(11-13(25)2)17(26)5-6-20(3)18(27)22-19(28)23-20/h9-10,13H,5-8,11H2,1-4H3,(H2,22,23,27,28)/t13-,20?/m0/s1. The Balaban J connectivity index is 1.62. The van der Waals surface area contributed by atoms with Crippen molar-refractivity contribution in [2.75, 3.05) is 31.6 Å². The molecule has 2 N–H and O–H groups in total. The van der Waals surface area contributed by atoms with Crippen molar-refractivity contribution in [3.8, 4) is 5.75 Å². The molecular formula is C20H27ClN4O4. The second-order valence-corrected chi connectivity index (χ2v) is 8.30. The molecule has 2 fully saturated rings. The summed E-state index contributed by atoms with van der Waals surface area (Å²) in [4.78, 5) is 40.1. The molecule has 0 aromatic heterocycles. The Labute approximate surface area is 175 Å². The highest BCUT2D eigenvalue weighted by Crippen LogP contribution is 2.34. The number of halogens is 1. The summed E-state index contributed by atoms with van der Waals surface area (Å²) in [6, 6.07) is 3.43. The molecule has 9 heteroatoms.